The minimum absolute atomic E-state index is 0.0442. The molecule has 0 aliphatic heterocycles. The molecular weight excluding hydrogens is 226 g/mol. The Bertz CT molecular complexity index is 371. The van der Waals surface area contributed by atoms with E-state index in [9.17, 15) is 4.79 Å². The number of hydrogen-bond acceptors (Lipinski definition) is 2. The molecule has 1 atom stereocenters. The van der Waals surface area contributed by atoms with Crippen LogP contribution in [0.15, 0.2) is 10.5 Å². The van der Waals surface area contributed by atoms with E-state index in [-0.39, 0.29) is 11.3 Å². The molecule has 1 aromatic heterocycles. The lowest BCUT2D eigenvalue weighted by Crippen LogP contribution is -2.32. The molecule has 3 nitrogen and oxygen atoms in total. The van der Waals surface area contributed by atoms with Crippen molar-refractivity contribution < 1.29 is 9.21 Å². The highest BCUT2D eigenvalue weighted by molar-refractivity contribution is 6.21. The summed E-state index contributed by atoms with van der Waals surface area (Å²) in [5, 5.41) is 2.76. The number of rotatable bonds is 4. The van der Waals surface area contributed by atoms with Crippen molar-refractivity contribution in [3.05, 3.63) is 23.2 Å². The average Bonchev–Trinajstić information content (AvgIpc) is 2.53. The van der Waals surface area contributed by atoms with E-state index in [0.717, 1.165) is 5.76 Å². The van der Waals surface area contributed by atoms with Gasteiger partial charge in [-0.2, -0.15) is 0 Å². The van der Waals surface area contributed by atoms with Crippen LogP contribution >= 0.6 is 11.6 Å². The Kier molecular flexibility index (Phi) is 4.42. The number of alkyl halides is 1. The van der Waals surface area contributed by atoms with Crippen molar-refractivity contribution in [2.24, 2.45) is 5.92 Å². The monoisotopic (exact) mass is 243 g/mol. The summed E-state index contributed by atoms with van der Waals surface area (Å²) in [5.74, 6) is 1.61. The fraction of sp³-hybridized carbons (Fsp3) is 0.583. The van der Waals surface area contributed by atoms with E-state index in [4.69, 9.17) is 16.0 Å². The minimum atomic E-state index is -0.124. The van der Waals surface area contributed by atoms with Crippen LogP contribution in [-0.2, 0) is 0 Å². The van der Waals surface area contributed by atoms with Gasteiger partial charge in [0, 0.05) is 6.54 Å². The fourth-order valence-corrected chi connectivity index (χ4v) is 1.45. The molecule has 1 amide bonds. The van der Waals surface area contributed by atoms with E-state index >= 15 is 0 Å². The Morgan fingerprint density at radius 3 is 2.56 bits per heavy atom. The third-order valence-corrected chi connectivity index (χ3v) is 3.12. The van der Waals surface area contributed by atoms with Crippen molar-refractivity contribution in [2.45, 2.75) is 33.1 Å². The number of halogens is 1. The van der Waals surface area contributed by atoms with Gasteiger partial charge in [-0.1, -0.05) is 13.8 Å². The van der Waals surface area contributed by atoms with Gasteiger partial charge in [0.05, 0.1) is 10.9 Å². The van der Waals surface area contributed by atoms with Gasteiger partial charge in [-0.05, 0) is 25.8 Å². The zero-order chi connectivity index (χ0) is 12.3. The van der Waals surface area contributed by atoms with E-state index in [1.165, 1.54) is 0 Å². The normalized spacial score (nSPS) is 12.9. The lowest BCUT2D eigenvalue weighted by Gasteiger charge is -2.13. The van der Waals surface area contributed by atoms with Gasteiger partial charge in [-0.25, -0.2) is 0 Å². The lowest BCUT2D eigenvalue weighted by molar-refractivity contribution is 0.0951. The van der Waals surface area contributed by atoms with Gasteiger partial charge in [-0.15, -0.1) is 11.6 Å². The van der Waals surface area contributed by atoms with Crippen LogP contribution in [0, 0.1) is 19.8 Å². The zero-order valence-electron chi connectivity index (χ0n) is 10.1. The van der Waals surface area contributed by atoms with Crippen LogP contribution in [0.2, 0.25) is 0 Å². The van der Waals surface area contributed by atoms with E-state index in [1.54, 1.807) is 13.0 Å². The largest absolute Gasteiger partial charge is 0.466 e. The number of carbonyl (C=O) groups excluding carboxylic acids is 1. The predicted octanol–water partition coefficient (Wildman–Crippen LogP) is 2.89. The summed E-state index contributed by atoms with van der Waals surface area (Å²) in [5.41, 5.74) is 0.588. The second-order valence-electron chi connectivity index (χ2n) is 4.30. The predicted molar refractivity (Wildman–Crippen MR) is 65.0 cm³/mol. The molecule has 0 aromatic carbocycles. The van der Waals surface area contributed by atoms with Gasteiger partial charge in [-0.3, -0.25) is 4.79 Å². The molecule has 1 heterocycles. The molecule has 0 spiro atoms. The Hall–Kier alpha value is -0.960. The van der Waals surface area contributed by atoms with Crippen LogP contribution in [0.5, 0.6) is 0 Å². The average molecular weight is 244 g/mol. The maximum Gasteiger partial charge on any atom is 0.254 e. The van der Waals surface area contributed by atoms with Crippen LogP contribution in [0.4, 0.5) is 0 Å². The molecule has 1 N–H and O–H groups in total. The van der Waals surface area contributed by atoms with Crippen molar-refractivity contribution in [2.75, 3.05) is 6.54 Å². The molecule has 1 aromatic rings. The van der Waals surface area contributed by atoms with E-state index in [1.807, 2.05) is 20.8 Å². The van der Waals surface area contributed by atoms with E-state index < -0.39 is 0 Å². The number of nitrogens with one attached hydrogen (secondary N) is 1. The molecule has 1 rings (SSSR count). The summed E-state index contributed by atoms with van der Waals surface area (Å²) < 4.78 is 5.30. The van der Waals surface area contributed by atoms with Gasteiger partial charge < -0.3 is 9.73 Å². The van der Waals surface area contributed by atoms with Crippen molar-refractivity contribution in [3.8, 4) is 0 Å². The Morgan fingerprint density at radius 1 is 1.50 bits per heavy atom. The van der Waals surface area contributed by atoms with Gasteiger partial charge in [0.25, 0.3) is 5.91 Å². The van der Waals surface area contributed by atoms with E-state index in [0.29, 0.717) is 23.8 Å². The summed E-state index contributed by atoms with van der Waals surface area (Å²) in [6.07, 6.45) is 0. The van der Waals surface area contributed by atoms with E-state index in [2.05, 4.69) is 5.32 Å². The summed E-state index contributed by atoms with van der Waals surface area (Å²) in [4.78, 5) is 11.8. The van der Waals surface area contributed by atoms with Crippen LogP contribution < -0.4 is 5.32 Å². The molecule has 4 heteroatoms. The van der Waals surface area contributed by atoms with Crippen LogP contribution in [0.25, 0.3) is 0 Å². The maximum absolute atomic E-state index is 11.8. The molecule has 90 valence electrons. The molecule has 0 bridgehead atoms. The van der Waals surface area contributed by atoms with Crippen LogP contribution in [0.1, 0.15) is 35.7 Å². The highest BCUT2D eigenvalue weighted by Gasteiger charge is 2.15. The minimum Gasteiger partial charge on any atom is -0.466 e. The molecule has 0 fully saturated rings. The quantitative estimate of drug-likeness (QED) is 0.827. The van der Waals surface area contributed by atoms with Gasteiger partial charge in [0.1, 0.15) is 11.5 Å². The summed E-state index contributed by atoms with van der Waals surface area (Å²) in [6.45, 7) is 8.13. The van der Waals surface area contributed by atoms with Crippen LogP contribution in [0.3, 0.4) is 0 Å². The maximum atomic E-state index is 11.8. The topological polar surface area (TPSA) is 42.2 Å². The molecule has 0 aliphatic rings. The van der Waals surface area contributed by atoms with Crippen molar-refractivity contribution in [1.29, 1.82) is 0 Å². The number of hydrogen-bond donors (Lipinski definition) is 1. The third-order valence-electron chi connectivity index (χ3n) is 2.47. The fourth-order valence-electron chi connectivity index (χ4n) is 1.38. The molecule has 1 unspecified atom stereocenters. The van der Waals surface area contributed by atoms with Crippen molar-refractivity contribution in [1.82, 2.24) is 5.32 Å². The Labute approximate surface area is 101 Å². The summed E-state index contributed by atoms with van der Waals surface area (Å²) in [7, 11) is 0. The number of carbonyl (C=O) groups is 1. The van der Waals surface area contributed by atoms with Crippen LogP contribution in [-0.4, -0.2) is 17.8 Å². The first-order chi connectivity index (χ1) is 7.41. The second-order valence-corrected chi connectivity index (χ2v) is 4.86. The first-order valence-corrected chi connectivity index (χ1v) is 5.84. The zero-order valence-corrected chi connectivity index (χ0v) is 10.9. The first kappa shape index (κ1) is 13.1. The number of amides is 1. The highest BCUT2D eigenvalue weighted by atomic mass is 35.5. The van der Waals surface area contributed by atoms with Crippen molar-refractivity contribution >= 4 is 17.5 Å². The number of aryl methyl sites for hydroxylation is 2. The molecule has 16 heavy (non-hydrogen) atoms. The molecule has 0 radical (unpaired) electrons. The SMILES string of the molecule is Cc1cc(C(=O)NCC(Cl)C(C)C)c(C)o1. The Balaban J connectivity index is 2.56. The van der Waals surface area contributed by atoms with Gasteiger partial charge in [0.15, 0.2) is 0 Å². The molecule has 0 aliphatic carbocycles. The molecule has 0 saturated carbocycles. The molecular formula is C12H18ClNO2. The smallest absolute Gasteiger partial charge is 0.254 e. The number of furan rings is 1. The lowest BCUT2D eigenvalue weighted by atomic mass is 10.1. The van der Waals surface area contributed by atoms with Crippen molar-refractivity contribution in [3.63, 3.8) is 0 Å². The van der Waals surface area contributed by atoms with Gasteiger partial charge in [0.2, 0.25) is 0 Å². The second kappa shape index (κ2) is 5.39. The van der Waals surface area contributed by atoms with Gasteiger partial charge >= 0.3 is 0 Å². The summed E-state index contributed by atoms with van der Waals surface area (Å²) in [6, 6.07) is 1.74. The first-order valence-electron chi connectivity index (χ1n) is 5.41. The highest BCUT2D eigenvalue weighted by Crippen LogP contribution is 2.14. The Morgan fingerprint density at radius 2 is 2.12 bits per heavy atom. The standard InChI is InChI=1S/C12H18ClNO2/c1-7(2)11(13)6-14-12(15)10-5-8(3)16-9(10)4/h5,7,11H,6H2,1-4H3,(H,14,15). The molecule has 0 saturated heterocycles. The third kappa shape index (κ3) is 3.27. The summed E-state index contributed by atoms with van der Waals surface area (Å²) >= 11 is 6.05.